The lowest BCUT2D eigenvalue weighted by molar-refractivity contribution is -0.136. The topological polar surface area (TPSA) is 112 Å². The van der Waals surface area contributed by atoms with E-state index < -0.39 is 0 Å². The van der Waals surface area contributed by atoms with Crippen LogP contribution in [0.5, 0.6) is 0 Å². The number of nitrogens with zero attached hydrogens (tertiary/aromatic N) is 7. The number of ether oxygens (including phenoxy) is 1. The van der Waals surface area contributed by atoms with E-state index in [1.807, 2.05) is 11.8 Å². The normalized spacial score (nSPS) is 17.8. The molecule has 1 unspecified atom stereocenters. The fourth-order valence-electron chi connectivity index (χ4n) is 2.99. The standard InChI is InChI=1S/C15H23N7O3/c1-11-17-19-20-22(11)9-6-14(23)21-8-4-3-5-12(21)15-16-13(18-25-15)7-10-24-2/h12H,3-10H2,1-2H3. The van der Waals surface area contributed by atoms with Gasteiger partial charge in [0.2, 0.25) is 11.8 Å². The van der Waals surface area contributed by atoms with Crippen molar-refractivity contribution in [1.29, 1.82) is 0 Å². The third-order valence-corrected chi connectivity index (χ3v) is 4.37. The first kappa shape index (κ1) is 17.5. The quantitative estimate of drug-likeness (QED) is 0.718. The zero-order valence-corrected chi connectivity index (χ0v) is 14.6. The molecule has 1 aliphatic rings. The first-order chi connectivity index (χ1) is 12.2. The maximum absolute atomic E-state index is 12.7. The van der Waals surface area contributed by atoms with Crippen LogP contribution in [0.4, 0.5) is 0 Å². The van der Waals surface area contributed by atoms with Gasteiger partial charge in [0.15, 0.2) is 5.82 Å². The number of piperidine rings is 1. The van der Waals surface area contributed by atoms with E-state index in [0.717, 1.165) is 19.3 Å². The van der Waals surface area contributed by atoms with Crippen molar-refractivity contribution in [2.45, 2.75) is 51.6 Å². The van der Waals surface area contributed by atoms with Gasteiger partial charge in [-0.3, -0.25) is 4.79 Å². The van der Waals surface area contributed by atoms with Crippen LogP contribution in [0.1, 0.15) is 49.3 Å². The molecular weight excluding hydrogens is 326 g/mol. The van der Waals surface area contributed by atoms with Gasteiger partial charge in [0, 0.05) is 26.5 Å². The smallest absolute Gasteiger partial charge is 0.249 e. The van der Waals surface area contributed by atoms with E-state index in [2.05, 4.69) is 25.7 Å². The summed E-state index contributed by atoms with van der Waals surface area (Å²) in [7, 11) is 1.63. The highest BCUT2D eigenvalue weighted by molar-refractivity contribution is 5.76. The van der Waals surface area contributed by atoms with Gasteiger partial charge >= 0.3 is 0 Å². The summed E-state index contributed by atoms with van der Waals surface area (Å²) in [6, 6.07) is -0.153. The number of carbonyl (C=O) groups is 1. The third kappa shape index (κ3) is 4.19. The molecule has 0 spiro atoms. The van der Waals surface area contributed by atoms with E-state index >= 15 is 0 Å². The van der Waals surface area contributed by atoms with Gasteiger partial charge in [-0.15, -0.1) is 5.10 Å². The van der Waals surface area contributed by atoms with Crippen LogP contribution < -0.4 is 0 Å². The molecule has 0 radical (unpaired) electrons. The van der Waals surface area contributed by atoms with Gasteiger partial charge in [-0.2, -0.15) is 4.98 Å². The lowest BCUT2D eigenvalue weighted by atomic mass is 10.0. The van der Waals surface area contributed by atoms with Crippen LogP contribution in [0.2, 0.25) is 0 Å². The van der Waals surface area contributed by atoms with Crippen molar-refractivity contribution in [2.24, 2.45) is 0 Å². The summed E-state index contributed by atoms with van der Waals surface area (Å²) in [5.41, 5.74) is 0. The Kier molecular flexibility index (Phi) is 5.69. The number of carbonyl (C=O) groups excluding carboxylic acids is 1. The lowest BCUT2D eigenvalue weighted by Gasteiger charge is -2.33. The van der Waals surface area contributed by atoms with Gasteiger partial charge in [-0.25, -0.2) is 4.68 Å². The highest BCUT2D eigenvalue weighted by Crippen LogP contribution is 2.30. The minimum atomic E-state index is -0.153. The van der Waals surface area contributed by atoms with Crippen LogP contribution in [-0.4, -0.2) is 61.4 Å². The van der Waals surface area contributed by atoms with E-state index in [-0.39, 0.29) is 11.9 Å². The van der Waals surface area contributed by atoms with E-state index in [1.54, 1.807) is 11.8 Å². The average molecular weight is 349 g/mol. The molecule has 2 aromatic rings. The summed E-state index contributed by atoms with van der Waals surface area (Å²) in [5.74, 6) is 1.87. The van der Waals surface area contributed by atoms with E-state index in [9.17, 15) is 4.79 Å². The monoisotopic (exact) mass is 349 g/mol. The van der Waals surface area contributed by atoms with Crippen molar-refractivity contribution >= 4 is 5.91 Å². The van der Waals surface area contributed by atoms with E-state index in [4.69, 9.17) is 9.26 Å². The summed E-state index contributed by atoms with van der Waals surface area (Å²) in [6.07, 6.45) is 3.79. The Bertz CT molecular complexity index is 699. The number of rotatable bonds is 7. The van der Waals surface area contributed by atoms with Gasteiger partial charge in [0.05, 0.1) is 13.2 Å². The van der Waals surface area contributed by atoms with Gasteiger partial charge in [0.1, 0.15) is 11.9 Å². The third-order valence-electron chi connectivity index (χ3n) is 4.37. The Morgan fingerprint density at radius 2 is 2.28 bits per heavy atom. The molecule has 136 valence electrons. The summed E-state index contributed by atoms with van der Waals surface area (Å²) in [4.78, 5) is 19.0. The predicted molar refractivity (Wildman–Crippen MR) is 85.4 cm³/mol. The molecule has 0 aromatic carbocycles. The molecule has 0 bridgehead atoms. The number of hydrogen-bond acceptors (Lipinski definition) is 8. The number of tetrazole rings is 1. The Hall–Kier alpha value is -2.36. The number of hydrogen-bond donors (Lipinski definition) is 0. The van der Waals surface area contributed by atoms with Crippen LogP contribution in [0.3, 0.4) is 0 Å². The second-order valence-electron chi connectivity index (χ2n) is 6.09. The molecule has 0 saturated carbocycles. The molecule has 1 saturated heterocycles. The van der Waals surface area contributed by atoms with Crippen molar-refractivity contribution in [3.8, 4) is 0 Å². The van der Waals surface area contributed by atoms with Crippen molar-refractivity contribution in [2.75, 3.05) is 20.3 Å². The van der Waals surface area contributed by atoms with Gasteiger partial charge < -0.3 is 14.2 Å². The van der Waals surface area contributed by atoms with Gasteiger partial charge in [0.25, 0.3) is 0 Å². The number of methoxy groups -OCH3 is 1. The minimum Gasteiger partial charge on any atom is -0.384 e. The molecule has 2 aromatic heterocycles. The minimum absolute atomic E-state index is 0.0521. The number of amides is 1. The maximum atomic E-state index is 12.7. The Morgan fingerprint density at radius 3 is 3.04 bits per heavy atom. The molecule has 1 amide bonds. The molecule has 25 heavy (non-hydrogen) atoms. The van der Waals surface area contributed by atoms with E-state index in [0.29, 0.717) is 50.1 Å². The largest absolute Gasteiger partial charge is 0.384 e. The molecule has 10 heteroatoms. The molecule has 1 atom stereocenters. The summed E-state index contributed by atoms with van der Waals surface area (Å²) in [5, 5.41) is 15.3. The van der Waals surface area contributed by atoms with Crippen molar-refractivity contribution < 1.29 is 14.1 Å². The van der Waals surface area contributed by atoms with Crippen LogP contribution in [-0.2, 0) is 22.5 Å². The molecule has 10 nitrogen and oxygen atoms in total. The Morgan fingerprint density at radius 1 is 1.40 bits per heavy atom. The molecule has 1 aliphatic heterocycles. The zero-order chi connectivity index (χ0) is 17.6. The number of aromatic nitrogens is 6. The molecule has 0 aliphatic carbocycles. The molecular formula is C15H23N7O3. The van der Waals surface area contributed by atoms with Crippen LogP contribution in [0, 0.1) is 6.92 Å². The first-order valence-corrected chi connectivity index (χ1v) is 8.52. The van der Waals surface area contributed by atoms with Crippen molar-refractivity contribution in [3.05, 3.63) is 17.5 Å². The Balaban J connectivity index is 1.64. The number of aryl methyl sites for hydroxylation is 2. The van der Waals surface area contributed by atoms with Gasteiger partial charge in [-0.1, -0.05) is 5.16 Å². The van der Waals surface area contributed by atoms with E-state index in [1.165, 1.54) is 0 Å². The summed E-state index contributed by atoms with van der Waals surface area (Å²) < 4.78 is 12.1. The summed E-state index contributed by atoms with van der Waals surface area (Å²) in [6.45, 7) is 3.52. The average Bonchev–Trinajstić information content (AvgIpc) is 3.27. The predicted octanol–water partition coefficient (Wildman–Crippen LogP) is 0.697. The Labute approximate surface area is 145 Å². The molecule has 0 N–H and O–H groups in total. The molecule has 1 fully saturated rings. The van der Waals surface area contributed by atoms with Crippen LogP contribution in [0.15, 0.2) is 4.52 Å². The van der Waals surface area contributed by atoms with Crippen LogP contribution in [0.25, 0.3) is 0 Å². The molecule has 3 rings (SSSR count). The highest BCUT2D eigenvalue weighted by atomic mass is 16.5. The molecule has 3 heterocycles. The van der Waals surface area contributed by atoms with Crippen LogP contribution >= 0.6 is 0 Å². The summed E-state index contributed by atoms with van der Waals surface area (Å²) >= 11 is 0. The zero-order valence-electron chi connectivity index (χ0n) is 14.6. The fourth-order valence-corrected chi connectivity index (χ4v) is 2.99. The van der Waals surface area contributed by atoms with Crippen molar-refractivity contribution in [3.63, 3.8) is 0 Å². The SMILES string of the molecule is COCCc1noc(C2CCCCN2C(=O)CCn2nnnc2C)n1. The lowest BCUT2D eigenvalue weighted by Crippen LogP contribution is -2.39. The second-order valence-corrected chi connectivity index (χ2v) is 6.09. The fraction of sp³-hybridized carbons (Fsp3) is 0.733. The second kappa shape index (κ2) is 8.15. The first-order valence-electron chi connectivity index (χ1n) is 8.52. The number of likely N-dealkylation sites (tertiary alicyclic amines) is 1. The maximum Gasteiger partial charge on any atom is 0.249 e. The van der Waals surface area contributed by atoms with Crippen molar-refractivity contribution in [1.82, 2.24) is 35.2 Å². The highest BCUT2D eigenvalue weighted by Gasteiger charge is 2.31. The van der Waals surface area contributed by atoms with Gasteiger partial charge in [-0.05, 0) is 36.6 Å².